The van der Waals surface area contributed by atoms with Gasteiger partial charge in [-0.25, -0.2) is 0 Å². The molecule has 0 aromatic heterocycles. The summed E-state index contributed by atoms with van der Waals surface area (Å²) in [7, 11) is 0. The molecule has 1 aromatic rings. The molecule has 0 heterocycles. The molecule has 0 aliphatic rings. The highest BCUT2D eigenvalue weighted by molar-refractivity contribution is 5.91. The molecule has 0 atom stereocenters. The van der Waals surface area contributed by atoms with Gasteiger partial charge < -0.3 is 10.1 Å². The van der Waals surface area contributed by atoms with Crippen molar-refractivity contribution in [3.63, 3.8) is 0 Å². The van der Waals surface area contributed by atoms with E-state index in [1.807, 2.05) is 6.07 Å². The van der Waals surface area contributed by atoms with Gasteiger partial charge in [-0.05, 0) is 24.6 Å². The van der Waals surface area contributed by atoms with Crippen LogP contribution in [0.25, 0.3) is 0 Å². The largest absolute Gasteiger partial charge is 0.372 e. The zero-order valence-electron chi connectivity index (χ0n) is 11.3. The van der Waals surface area contributed by atoms with Crippen LogP contribution in [0.4, 0.5) is 5.69 Å². The van der Waals surface area contributed by atoms with Crippen molar-refractivity contribution < 1.29 is 9.53 Å². The van der Waals surface area contributed by atoms with E-state index in [0.29, 0.717) is 17.9 Å². The van der Waals surface area contributed by atoms with E-state index < -0.39 is 0 Å². The van der Waals surface area contributed by atoms with Crippen molar-refractivity contribution >= 4 is 11.6 Å². The molecule has 0 radical (unpaired) electrons. The molecular weight excluding hydrogens is 240 g/mol. The van der Waals surface area contributed by atoms with Crippen molar-refractivity contribution in [2.45, 2.75) is 32.6 Å². The molecule has 0 unspecified atom stereocenters. The van der Waals surface area contributed by atoms with Gasteiger partial charge in [-0.2, -0.15) is 5.26 Å². The third kappa shape index (κ3) is 6.58. The normalized spacial score (nSPS) is 9.89. The van der Waals surface area contributed by atoms with Crippen molar-refractivity contribution in [2.24, 2.45) is 0 Å². The van der Waals surface area contributed by atoms with Gasteiger partial charge in [-0.3, -0.25) is 4.79 Å². The fraction of sp³-hybridized carbons (Fsp3) is 0.467. The number of unbranched alkanes of at least 4 members (excludes halogenated alkanes) is 3. The van der Waals surface area contributed by atoms with Crippen LogP contribution in [0.3, 0.4) is 0 Å². The predicted molar refractivity (Wildman–Crippen MR) is 74.7 cm³/mol. The van der Waals surface area contributed by atoms with Gasteiger partial charge in [-0.15, -0.1) is 0 Å². The third-order valence-electron chi connectivity index (χ3n) is 2.65. The lowest BCUT2D eigenvalue weighted by molar-refractivity contribution is -0.120. The molecular formula is C15H20N2O2. The van der Waals surface area contributed by atoms with Crippen molar-refractivity contribution in [3.05, 3.63) is 29.8 Å². The maximum Gasteiger partial charge on any atom is 0.250 e. The minimum Gasteiger partial charge on any atom is -0.372 e. The van der Waals surface area contributed by atoms with Crippen LogP contribution in [0.5, 0.6) is 0 Å². The number of nitriles is 1. The van der Waals surface area contributed by atoms with Crippen LogP contribution >= 0.6 is 0 Å². The fourth-order valence-electron chi connectivity index (χ4n) is 1.66. The molecule has 0 aliphatic heterocycles. The molecule has 1 rings (SSSR count). The number of hydrogen-bond acceptors (Lipinski definition) is 3. The lowest BCUT2D eigenvalue weighted by Crippen LogP contribution is -2.18. The number of carbonyl (C=O) groups is 1. The topological polar surface area (TPSA) is 62.1 Å². The lowest BCUT2D eigenvalue weighted by atomic mass is 10.2. The van der Waals surface area contributed by atoms with Gasteiger partial charge in [0.15, 0.2) is 0 Å². The van der Waals surface area contributed by atoms with Gasteiger partial charge >= 0.3 is 0 Å². The van der Waals surface area contributed by atoms with Gasteiger partial charge in [0.1, 0.15) is 6.61 Å². The molecule has 1 aromatic carbocycles. The first-order valence-electron chi connectivity index (χ1n) is 6.64. The third-order valence-corrected chi connectivity index (χ3v) is 2.65. The van der Waals surface area contributed by atoms with Gasteiger partial charge in [0.2, 0.25) is 5.91 Å². The van der Waals surface area contributed by atoms with E-state index in [9.17, 15) is 4.79 Å². The Bertz CT molecular complexity index is 438. The molecule has 1 amide bonds. The summed E-state index contributed by atoms with van der Waals surface area (Å²) in [4.78, 5) is 11.6. The highest BCUT2D eigenvalue weighted by Crippen LogP contribution is 2.09. The van der Waals surface area contributed by atoms with E-state index in [4.69, 9.17) is 10.00 Å². The molecule has 0 aliphatic carbocycles. The Morgan fingerprint density at radius 2 is 2.21 bits per heavy atom. The van der Waals surface area contributed by atoms with Crippen molar-refractivity contribution in [3.8, 4) is 6.07 Å². The summed E-state index contributed by atoms with van der Waals surface area (Å²) in [6.07, 6.45) is 4.53. The molecule has 19 heavy (non-hydrogen) atoms. The number of hydrogen-bond donors (Lipinski definition) is 1. The Hall–Kier alpha value is -1.86. The summed E-state index contributed by atoms with van der Waals surface area (Å²) in [6.45, 7) is 2.83. The summed E-state index contributed by atoms with van der Waals surface area (Å²) < 4.78 is 5.29. The number of carbonyl (C=O) groups excluding carboxylic acids is 1. The minimum absolute atomic E-state index is 0.0584. The lowest BCUT2D eigenvalue weighted by Gasteiger charge is -2.06. The SMILES string of the molecule is CCCCCCOCC(=O)Nc1cccc(C#N)c1. The van der Waals surface area contributed by atoms with E-state index in [0.717, 1.165) is 12.8 Å². The number of nitrogens with zero attached hydrogens (tertiary/aromatic N) is 1. The van der Waals surface area contributed by atoms with Gasteiger partial charge in [0, 0.05) is 12.3 Å². The summed E-state index contributed by atoms with van der Waals surface area (Å²) >= 11 is 0. The number of amides is 1. The Labute approximate surface area is 114 Å². The molecule has 0 spiro atoms. The standard InChI is InChI=1S/C15H20N2O2/c1-2-3-4-5-9-19-12-15(18)17-14-8-6-7-13(10-14)11-16/h6-8,10H,2-5,9,12H2,1H3,(H,17,18). The van der Waals surface area contributed by atoms with Gasteiger partial charge in [0.05, 0.1) is 11.6 Å². The van der Waals surface area contributed by atoms with E-state index in [1.165, 1.54) is 12.8 Å². The smallest absolute Gasteiger partial charge is 0.250 e. The monoisotopic (exact) mass is 260 g/mol. The van der Waals surface area contributed by atoms with Crippen LogP contribution in [-0.2, 0) is 9.53 Å². The fourth-order valence-corrected chi connectivity index (χ4v) is 1.66. The highest BCUT2D eigenvalue weighted by Gasteiger charge is 2.03. The van der Waals surface area contributed by atoms with Crippen molar-refractivity contribution in [2.75, 3.05) is 18.5 Å². The second-order valence-corrected chi connectivity index (χ2v) is 4.35. The molecule has 0 fully saturated rings. The van der Waals surface area contributed by atoms with Gasteiger partial charge in [-0.1, -0.05) is 32.3 Å². The zero-order chi connectivity index (χ0) is 13.9. The number of nitrogens with one attached hydrogen (secondary N) is 1. The second-order valence-electron chi connectivity index (χ2n) is 4.35. The van der Waals surface area contributed by atoms with E-state index in [1.54, 1.807) is 24.3 Å². The summed E-state index contributed by atoms with van der Waals surface area (Å²) in [6, 6.07) is 8.85. The second kappa shape index (κ2) is 9.12. The Morgan fingerprint density at radius 1 is 1.37 bits per heavy atom. The highest BCUT2D eigenvalue weighted by atomic mass is 16.5. The van der Waals surface area contributed by atoms with E-state index in [2.05, 4.69) is 12.2 Å². The molecule has 1 N–H and O–H groups in total. The van der Waals surface area contributed by atoms with E-state index >= 15 is 0 Å². The molecule has 4 nitrogen and oxygen atoms in total. The van der Waals surface area contributed by atoms with Crippen molar-refractivity contribution in [1.82, 2.24) is 0 Å². The maximum absolute atomic E-state index is 11.6. The summed E-state index contributed by atoms with van der Waals surface area (Å²) in [5, 5.41) is 11.5. The average molecular weight is 260 g/mol. The van der Waals surface area contributed by atoms with Crippen LogP contribution in [-0.4, -0.2) is 19.1 Å². The average Bonchev–Trinajstić information content (AvgIpc) is 2.43. The molecule has 0 saturated carbocycles. The number of benzene rings is 1. The van der Waals surface area contributed by atoms with Crippen LogP contribution in [0.15, 0.2) is 24.3 Å². The first kappa shape index (κ1) is 15.2. The minimum atomic E-state index is -0.189. The van der Waals surface area contributed by atoms with Crippen LogP contribution in [0.2, 0.25) is 0 Å². The van der Waals surface area contributed by atoms with Crippen LogP contribution < -0.4 is 5.32 Å². The molecule has 0 bridgehead atoms. The predicted octanol–water partition coefficient (Wildman–Crippen LogP) is 3.09. The number of rotatable bonds is 8. The van der Waals surface area contributed by atoms with Gasteiger partial charge in [0.25, 0.3) is 0 Å². The number of anilines is 1. The van der Waals surface area contributed by atoms with E-state index in [-0.39, 0.29) is 12.5 Å². The Balaban J connectivity index is 2.22. The van der Waals surface area contributed by atoms with Crippen LogP contribution in [0, 0.1) is 11.3 Å². The van der Waals surface area contributed by atoms with Crippen LogP contribution in [0.1, 0.15) is 38.2 Å². The summed E-state index contributed by atoms with van der Waals surface area (Å²) in [5.74, 6) is -0.189. The number of ether oxygens (including phenoxy) is 1. The Morgan fingerprint density at radius 3 is 2.95 bits per heavy atom. The first-order chi connectivity index (χ1) is 9.26. The zero-order valence-corrected chi connectivity index (χ0v) is 11.3. The quantitative estimate of drug-likeness (QED) is 0.730. The summed E-state index contributed by atoms with van der Waals surface area (Å²) in [5.41, 5.74) is 1.15. The molecule has 102 valence electrons. The maximum atomic E-state index is 11.6. The Kier molecular flexibility index (Phi) is 7.30. The van der Waals surface area contributed by atoms with Crippen molar-refractivity contribution in [1.29, 1.82) is 5.26 Å². The molecule has 4 heteroatoms. The molecule has 0 saturated heterocycles. The first-order valence-corrected chi connectivity index (χ1v) is 6.64.